The van der Waals surface area contributed by atoms with Crippen LogP contribution in [0.2, 0.25) is 0 Å². The van der Waals surface area contributed by atoms with Crippen LogP contribution in [0.25, 0.3) is 0 Å². The largest absolute Gasteiger partial charge is 0.394 e. The maximum atomic E-state index is 12.5. The summed E-state index contributed by atoms with van der Waals surface area (Å²) in [4.78, 5) is 12.5. The lowest BCUT2D eigenvalue weighted by atomic mass is 10.0. The first-order valence-corrected chi connectivity index (χ1v) is 27.6. The number of unbranched alkanes of at least 4 members (excludes halogenated alkanes) is 42. The molecular weight excluding hydrogens is 735 g/mol. The minimum atomic E-state index is -0.837. The van der Waals surface area contributed by atoms with Gasteiger partial charge in [-0.05, 0) is 44.9 Å². The fraction of sp³-hybridized carbons (Fsp3) is 0.911. The highest BCUT2D eigenvalue weighted by atomic mass is 16.3. The number of amides is 1. The Hall–Kier alpha value is -1.13. The third kappa shape index (κ3) is 47.9. The zero-order chi connectivity index (χ0) is 43.5. The maximum Gasteiger partial charge on any atom is 0.220 e. The van der Waals surface area contributed by atoms with Crippen LogP contribution in [0.15, 0.2) is 24.3 Å². The molecule has 356 valence electrons. The first-order valence-electron chi connectivity index (χ1n) is 27.6. The molecule has 0 aliphatic rings. The van der Waals surface area contributed by atoms with Gasteiger partial charge < -0.3 is 15.5 Å². The molecule has 0 aromatic heterocycles. The highest BCUT2D eigenvalue weighted by Crippen LogP contribution is 2.17. The van der Waals surface area contributed by atoms with Crippen LogP contribution in [0, 0.1) is 0 Å². The van der Waals surface area contributed by atoms with Crippen molar-refractivity contribution in [2.24, 2.45) is 0 Å². The Bertz CT molecular complexity index is 871. The van der Waals surface area contributed by atoms with Gasteiger partial charge in [-0.1, -0.05) is 282 Å². The van der Waals surface area contributed by atoms with E-state index in [1.54, 1.807) is 6.08 Å². The van der Waals surface area contributed by atoms with Crippen molar-refractivity contribution in [1.29, 1.82) is 0 Å². The smallest absolute Gasteiger partial charge is 0.220 e. The van der Waals surface area contributed by atoms with E-state index in [1.807, 2.05) is 6.08 Å². The monoisotopic (exact) mass is 844 g/mol. The molecule has 0 bridgehead atoms. The summed E-state index contributed by atoms with van der Waals surface area (Å²) in [7, 11) is 0. The number of aliphatic hydroxyl groups is 2. The molecule has 60 heavy (non-hydrogen) atoms. The molecule has 0 saturated carbocycles. The molecule has 0 spiro atoms. The summed E-state index contributed by atoms with van der Waals surface area (Å²) in [6.07, 6.45) is 69.1. The Morgan fingerprint density at radius 1 is 0.383 bits per heavy atom. The summed E-state index contributed by atoms with van der Waals surface area (Å²) in [6.45, 7) is 4.34. The van der Waals surface area contributed by atoms with Crippen LogP contribution >= 0.6 is 0 Å². The van der Waals surface area contributed by atoms with Gasteiger partial charge in [0.25, 0.3) is 0 Å². The SMILES string of the molecule is CCCCCCCCCCCCCC/C=C\CCCCCCCCCCCCCCCC(=O)NC(CO)C(O)/C=C/CCCCCCCCCCCCCCCCCCC. The van der Waals surface area contributed by atoms with E-state index in [9.17, 15) is 15.0 Å². The van der Waals surface area contributed by atoms with Gasteiger partial charge in [0.1, 0.15) is 0 Å². The lowest BCUT2D eigenvalue weighted by Crippen LogP contribution is -2.45. The molecule has 0 aliphatic carbocycles. The van der Waals surface area contributed by atoms with Gasteiger partial charge in [-0.15, -0.1) is 0 Å². The first kappa shape index (κ1) is 58.9. The molecule has 0 aromatic rings. The summed E-state index contributed by atoms with van der Waals surface area (Å²) in [5.41, 5.74) is 0. The van der Waals surface area contributed by atoms with Crippen molar-refractivity contribution in [2.75, 3.05) is 6.61 Å². The quantitative estimate of drug-likeness (QED) is 0.0422. The third-order valence-electron chi connectivity index (χ3n) is 12.9. The molecule has 1 amide bonds. The van der Waals surface area contributed by atoms with Gasteiger partial charge in [0.05, 0.1) is 18.8 Å². The van der Waals surface area contributed by atoms with Gasteiger partial charge >= 0.3 is 0 Å². The van der Waals surface area contributed by atoms with Gasteiger partial charge in [-0.3, -0.25) is 4.79 Å². The number of rotatable bonds is 51. The van der Waals surface area contributed by atoms with E-state index in [1.165, 1.54) is 263 Å². The van der Waals surface area contributed by atoms with Crippen molar-refractivity contribution >= 4 is 5.91 Å². The Morgan fingerprint density at radius 2 is 0.633 bits per heavy atom. The molecule has 0 heterocycles. The summed E-state index contributed by atoms with van der Waals surface area (Å²) in [5, 5.41) is 23.1. The predicted octanol–water partition coefficient (Wildman–Crippen LogP) is 17.9. The zero-order valence-corrected chi connectivity index (χ0v) is 41.0. The minimum Gasteiger partial charge on any atom is -0.394 e. The van der Waals surface area contributed by atoms with Gasteiger partial charge in [-0.25, -0.2) is 0 Å². The van der Waals surface area contributed by atoms with Crippen molar-refractivity contribution in [1.82, 2.24) is 5.32 Å². The van der Waals surface area contributed by atoms with Crippen LogP contribution < -0.4 is 5.32 Å². The molecule has 2 unspecified atom stereocenters. The summed E-state index contributed by atoms with van der Waals surface area (Å²) in [5.74, 6) is -0.0591. The van der Waals surface area contributed by atoms with E-state index in [0.29, 0.717) is 6.42 Å². The third-order valence-corrected chi connectivity index (χ3v) is 12.9. The van der Waals surface area contributed by atoms with E-state index in [4.69, 9.17) is 0 Å². The minimum absolute atomic E-state index is 0.0591. The van der Waals surface area contributed by atoms with Crippen molar-refractivity contribution in [3.63, 3.8) is 0 Å². The summed E-state index contributed by atoms with van der Waals surface area (Å²) in [6, 6.07) is -0.620. The number of hydrogen-bond donors (Lipinski definition) is 3. The normalized spacial score (nSPS) is 12.9. The Labute approximate surface area is 377 Å². The highest BCUT2D eigenvalue weighted by Gasteiger charge is 2.18. The van der Waals surface area contributed by atoms with Gasteiger partial charge in [-0.2, -0.15) is 0 Å². The van der Waals surface area contributed by atoms with Gasteiger partial charge in [0, 0.05) is 6.42 Å². The number of hydrogen-bond acceptors (Lipinski definition) is 3. The molecule has 0 aliphatic heterocycles. The number of carbonyl (C=O) groups excluding carboxylic acids is 1. The van der Waals surface area contributed by atoms with Crippen LogP contribution in [-0.4, -0.2) is 34.9 Å². The molecular formula is C56H109NO3. The molecule has 3 N–H and O–H groups in total. The summed E-state index contributed by atoms with van der Waals surface area (Å²) < 4.78 is 0. The second-order valence-corrected chi connectivity index (χ2v) is 19.0. The van der Waals surface area contributed by atoms with Gasteiger partial charge in [0.2, 0.25) is 5.91 Å². The predicted molar refractivity (Wildman–Crippen MR) is 267 cm³/mol. The lowest BCUT2D eigenvalue weighted by molar-refractivity contribution is -0.123. The number of aliphatic hydroxyl groups excluding tert-OH is 2. The molecule has 0 radical (unpaired) electrons. The molecule has 0 rings (SSSR count). The zero-order valence-electron chi connectivity index (χ0n) is 41.0. The van der Waals surface area contributed by atoms with Crippen molar-refractivity contribution in [3.05, 3.63) is 24.3 Å². The van der Waals surface area contributed by atoms with Gasteiger partial charge in [0.15, 0.2) is 0 Å². The fourth-order valence-corrected chi connectivity index (χ4v) is 8.71. The van der Waals surface area contributed by atoms with Crippen LogP contribution in [0.5, 0.6) is 0 Å². The Kier molecular flexibility index (Phi) is 51.2. The molecule has 4 nitrogen and oxygen atoms in total. The second-order valence-electron chi connectivity index (χ2n) is 19.0. The number of allylic oxidation sites excluding steroid dienone is 3. The van der Waals surface area contributed by atoms with Crippen molar-refractivity contribution < 1.29 is 15.0 Å². The first-order chi connectivity index (χ1) is 29.7. The van der Waals surface area contributed by atoms with E-state index >= 15 is 0 Å². The topological polar surface area (TPSA) is 69.6 Å². The Balaban J connectivity index is 3.46. The molecule has 0 aromatic carbocycles. The molecule has 0 fully saturated rings. The van der Waals surface area contributed by atoms with E-state index in [-0.39, 0.29) is 12.5 Å². The highest BCUT2D eigenvalue weighted by molar-refractivity contribution is 5.76. The lowest BCUT2D eigenvalue weighted by Gasteiger charge is -2.20. The fourth-order valence-electron chi connectivity index (χ4n) is 8.71. The second kappa shape index (κ2) is 52.2. The maximum absolute atomic E-state index is 12.5. The average molecular weight is 844 g/mol. The average Bonchev–Trinajstić information content (AvgIpc) is 3.25. The standard InChI is InChI=1S/C56H109NO3/c1-3-5-7-9-11-13-15-17-19-21-23-24-25-26-27-28-29-30-31-32-34-36-38-40-42-44-46-48-50-52-56(60)57-54(53-58)55(59)51-49-47-45-43-41-39-37-35-33-22-20-18-16-14-12-10-8-6-4-2/h26-27,49,51,54-55,58-59H,3-25,28-48,50,52-53H2,1-2H3,(H,57,60)/b27-26-,51-49+. The molecule has 4 heteroatoms. The van der Waals surface area contributed by atoms with E-state index in [0.717, 1.165) is 25.7 Å². The molecule has 0 saturated heterocycles. The van der Waals surface area contributed by atoms with Crippen molar-refractivity contribution in [2.45, 2.75) is 321 Å². The van der Waals surface area contributed by atoms with E-state index in [2.05, 4.69) is 31.3 Å². The number of nitrogens with one attached hydrogen (secondary N) is 1. The number of carbonyl (C=O) groups is 1. The van der Waals surface area contributed by atoms with Crippen LogP contribution in [0.3, 0.4) is 0 Å². The molecule has 2 atom stereocenters. The summed E-state index contributed by atoms with van der Waals surface area (Å²) >= 11 is 0. The van der Waals surface area contributed by atoms with Crippen LogP contribution in [0.4, 0.5) is 0 Å². The van der Waals surface area contributed by atoms with Crippen LogP contribution in [0.1, 0.15) is 309 Å². The van der Waals surface area contributed by atoms with Crippen molar-refractivity contribution in [3.8, 4) is 0 Å². The van der Waals surface area contributed by atoms with E-state index < -0.39 is 12.1 Å². The van der Waals surface area contributed by atoms with Crippen LogP contribution in [-0.2, 0) is 4.79 Å². The Morgan fingerprint density at radius 3 is 0.917 bits per heavy atom.